The Bertz CT molecular complexity index is 359. The lowest BCUT2D eigenvalue weighted by Crippen LogP contribution is -2.53. The van der Waals surface area contributed by atoms with E-state index in [1.54, 1.807) is 17.2 Å². The first-order chi connectivity index (χ1) is 6.68. The van der Waals surface area contributed by atoms with Crippen LogP contribution < -0.4 is 0 Å². The number of carbonyl (C=O) groups is 1. The molecule has 0 aliphatic carbocycles. The van der Waals surface area contributed by atoms with Crippen LogP contribution in [0.1, 0.15) is 16.1 Å². The molecule has 0 bridgehead atoms. The Balaban J connectivity index is 2.16. The normalized spacial score (nSPS) is 16.6. The van der Waals surface area contributed by atoms with Gasteiger partial charge in [0.25, 0.3) is 5.91 Å². The number of nitrogens with zero attached hydrogens (tertiary/aromatic N) is 2. The van der Waals surface area contributed by atoms with Gasteiger partial charge in [-0.15, -0.1) is 0 Å². The van der Waals surface area contributed by atoms with Gasteiger partial charge in [-0.05, 0) is 18.6 Å². The summed E-state index contributed by atoms with van der Waals surface area (Å²) >= 11 is 0. The lowest BCUT2D eigenvalue weighted by atomic mass is 10.1. The van der Waals surface area contributed by atoms with Crippen molar-refractivity contribution in [3.63, 3.8) is 0 Å². The van der Waals surface area contributed by atoms with Crippen molar-refractivity contribution in [3.05, 3.63) is 29.6 Å². The molecule has 1 N–H and O–H groups in total. The molecule has 1 fully saturated rings. The number of aromatic nitrogens is 1. The molecule has 0 unspecified atom stereocenters. The SMILES string of the molecule is Cc1cccnc1C(=O)N1CC(O)C1. The topological polar surface area (TPSA) is 53.4 Å². The maximum absolute atomic E-state index is 11.7. The van der Waals surface area contributed by atoms with E-state index in [1.807, 2.05) is 13.0 Å². The Morgan fingerprint density at radius 1 is 1.64 bits per heavy atom. The van der Waals surface area contributed by atoms with Gasteiger partial charge in [0.2, 0.25) is 0 Å². The predicted molar refractivity (Wildman–Crippen MR) is 50.9 cm³/mol. The monoisotopic (exact) mass is 192 g/mol. The number of likely N-dealkylation sites (tertiary alicyclic amines) is 1. The third kappa shape index (κ3) is 1.48. The van der Waals surface area contributed by atoms with Crippen molar-refractivity contribution in [1.82, 2.24) is 9.88 Å². The van der Waals surface area contributed by atoms with Crippen LogP contribution in [0, 0.1) is 6.92 Å². The lowest BCUT2D eigenvalue weighted by molar-refractivity contribution is 0.00544. The van der Waals surface area contributed by atoms with Crippen LogP contribution in [0.5, 0.6) is 0 Å². The Morgan fingerprint density at radius 3 is 2.93 bits per heavy atom. The number of β-amino-alcohol motifs (C(OH)–C–C–N with tert-alkyl or cyclic N) is 1. The zero-order valence-electron chi connectivity index (χ0n) is 7.97. The molecule has 1 saturated heterocycles. The lowest BCUT2D eigenvalue weighted by Gasteiger charge is -2.35. The minimum atomic E-state index is -0.358. The first-order valence-corrected chi connectivity index (χ1v) is 4.57. The van der Waals surface area contributed by atoms with Crippen LogP contribution in [-0.2, 0) is 0 Å². The molecule has 4 nitrogen and oxygen atoms in total. The van der Waals surface area contributed by atoms with E-state index in [0.29, 0.717) is 18.8 Å². The summed E-state index contributed by atoms with van der Waals surface area (Å²) in [5.74, 6) is -0.0894. The fourth-order valence-electron chi connectivity index (χ4n) is 1.48. The van der Waals surface area contributed by atoms with Crippen LogP contribution in [0.2, 0.25) is 0 Å². The molecule has 1 aromatic heterocycles. The Morgan fingerprint density at radius 2 is 2.36 bits per heavy atom. The van der Waals surface area contributed by atoms with E-state index >= 15 is 0 Å². The number of hydrogen-bond acceptors (Lipinski definition) is 3. The third-order valence-electron chi connectivity index (χ3n) is 2.36. The van der Waals surface area contributed by atoms with Gasteiger partial charge in [-0.2, -0.15) is 0 Å². The number of aliphatic hydroxyl groups is 1. The summed E-state index contributed by atoms with van der Waals surface area (Å²) < 4.78 is 0. The van der Waals surface area contributed by atoms with Crippen LogP contribution in [0.25, 0.3) is 0 Å². The largest absolute Gasteiger partial charge is 0.389 e. The molecule has 0 saturated carbocycles. The second-order valence-electron chi connectivity index (χ2n) is 3.53. The van der Waals surface area contributed by atoms with Gasteiger partial charge in [0.05, 0.1) is 6.10 Å². The molecule has 1 aliphatic heterocycles. The highest BCUT2D eigenvalue weighted by Crippen LogP contribution is 2.13. The first kappa shape index (κ1) is 9.15. The number of carbonyl (C=O) groups excluding carboxylic acids is 1. The summed E-state index contributed by atoms with van der Waals surface area (Å²) in [5.41, 5.74) is 1.36. The van der Waals surface area contributed by atoms with Crippen molar-refractivity contribution in [2.75, 3.05) is 13.1 Å². The average Bonchev–Trinajstić information content (AvgIpc) is 2.13. The van der Waals surface area contributed by atoms with Crippen molar-refractivity contribution in [1.29, 1.82) is 0 Å². The van der Waals surface area contributed by atoms with E-state index in [-0.39, 0.29) is 12.0 Å². The van der Waals surface area contributed by atoms with Gasteiger partial charge in [0.15, 0.2) is 0 Å². The highest BCUT2D eigenvalue weighted by molar-refractivity contribution is 5.94. The van der Waals surface area contributed by atoms with Gasteiger partial charge in [0, 0.05) is 19.3 Å². The zero-order valence-corrected chi connectivity index (χ0v) is 7.97. The Labute approximate surface area is 82.2 Å². The van der Waals surface area contributed by atoms with E-state index in [9.17, 15) is 4.79 Å². The zero-order chi connectivity index (χ0) is 10.1. The molecule has 1 aliphatic rings. The van der Waals surface area contributed by atoms with Gasteiger partial charge in [-0.1, -0.05) is 6.07 Å². The number of aryl methyl sites for hydroxylation is 1. The molecule has 0 aromatic carbocycles. The van der Waals surface area contributed by atoms with E-state index in [2.05, 4.69) is 4.98 Å². The molecule has 0 spiro atoms. The molecule has 74 valence electrons. The molecule has 1 amide bonds. The average molecular weight is 192 g/mol. The fourth-order valence-corrected chi connectivity index (χ4v) is 1.48. The van der Waals surface area contributed by atoms with E-state index in [0.717, 1.165) is 5.56 Å². The third-order valence-corrected chi connectivity index (χ3v) is 2.36. The van der Waals surface area contributed by atoms with Gasteiger partial charge in [-0.25, -0.2) is 0 Å². The molecule has 2 heterocycles. The molecule has 0 radical (unpaired) electrons. The number of rotatable bonds is 1. The summed E-state index contributed by atoms with van der Waals surface area (Å²) in [6, 6.07) is 3.66. The van der Waals surface area contributed by atoms with Crippen molar-refractivity contribution >= 4 is 5.91 Å². The molecular formula is C10H12N2O2. The number of pyridine rings is 1. The fraction of sp³-hybridized carbons (Fsp3) is 0.400. The second kappa shape index (κ2) is 3.38. The maximum Gasteiger partial charge on any atom is 0.272 e. The number of amides is 1. The van der Waals surface area contributed by atoms with Crippen molar-refractivity contribution in [3.8, 4) is 0 Å². The Kier molecular flexibility index (Phi) is 2.21. The molecule has 0 atom stereocenters. The summed E-state index contributed by atoms with van der Waals surface area (Å²) in [6.45, 7) is 2.71. The minimum absolute atomic E-state index is 0.0894. The molecule has 2 rings (SSSR count). The van der Waals surface area contributed by atoms with E-state index < -0.39 is 0 Å². The van der Waals surface area contributed by atoms with Gasteiger partial charge in [-0.3, -0.25) is 9.78 Å². The van der Waals surface area contributed by atoms with Crippen LogP contribution in [0.3, 0.4) is 0 Å². The Hall–Kier alpha value is -1.42. The van der Waals surface area contributed by atoms with Crippen molar-refractivity contribution in [2.24, 2.45) is 0 Å². The molecule has 14 heavy (non-hydrogen) atoms. The van der Waals surface area contributed by atoms with E-state index in [1.165, 1.54) is 0 Å². The summed E-state index contributed by atoms with van der Waals surface area (Å²) in [4.78, 5) is 17.4. The first-order valence-electron chi connectivity index (χ1n) is 4.57. The quantitative estimate of drug-likeness (QED) is 0.692. The molecule has 1 aromatic rings. The van der Waals surface area contributed by atoms with Crippen LogP contribution in [-0.4, -0.2) is 40.1 Å². The minimum Gasteiger partial charge on any atom is -0.389 e. The van der Waals surface area contributed by atoms with Crippen LogP contribution in [0.4, 0.5) is 0 Å². The molecule has 4 heteroatoms. The van der Waals surface area contributed by atoms with Gasteiger partial charge < -0.3 is 10.0 Å². The summed E-state index contributed by atoms with van der Waals surface area (Å²) in [5, 5.41) is 9.07. The maximum atomic E-state index is 11.7. The predicted octanol–water partition coefficient (Wildman–Crippen LogP) is 0.207. The molecular weight excluding hydrogens is 180 g/mol. The number of aliphatic hydroxyl groups excluding tert-OH is 1. The smallest absolute Gasteiger partial charge is 0.272 e. The second-order valence-corrected chi connectivity index (χ2v) is 3.53. The van der Waals surface area contributed by atoms with Crippen molar-refractivity contribution < 1.29 is 9.90 Å². The summed E-state index contributed by atoms with van der Waals surface area (Å²) in [6.07, 6.45) is 1.25. The highest BCUT2D eigenvalue weighted by atomic mass is 16.3. The van der Waals surface area contributed by atoms with Crippen molar-refractivity contribution in [2.45, 2.75) is 13.0 Å². The number of hydrogen-bond donors (Lipinski definition) is 1. The van der Waals surface area contributed by atoms with Gasteiger partial charge in [0.1, 0.15) is 5.69 Å². The summed E-state index contributed by atoms with van der Waals surface area (Å²) in [7, 11) is 0. The van der Waals surface area contributed by atoms with E-state index in [4.69, 9.17) is 5.11 Å². The van der Waals surface area contributed by atoms with Crippen LogP contribution >= 0.6 is 0 Å². The van der Waals surface area contributed by atoms with Crippen LogP contribution in [0.15, 0.2) is 18.3 Å². The van der Waals surface area contributed by atoms with Gasteiger partial charge >= 0.3 is 0 Å². The highest BCUT2D eigenvalue weighted by Gasteiger charge is 2.30. The standard InChI is InChI=1S/C10H12N2O2/c1-7-3-2-4-11-9(7)10(14)12-5-8(13)6-12/h2-4,8,13H,5-6H2,1H3.